The van der Waals surface area contributed by atoms with E-state index in [1.54, 1.807) is 23.1 Å². The minimum absolute atomic E-state index is 0.0103. The lowest BCUT2D eigenvalue weighted by atomic mass is 10.1. The third-order valence-corrected chi connectivity index (χ3v) is 4.59. The molecule has 1 aromatic carbocycles. The molecule has 1 fully saturated rings. The van der Waals surface area contributed by atoms with Gasteiger partial charge in [0, 0.05) is 23.5 Å². The van der Waals surface area contributed by atoms with Gasteiger partial charge in [0.15, 0.2) is 0 Å². The summed E-state index contributed by atoms with van der Waals surface area (Å²) in [5.41, 5.74) is 7.41. The monoisotopic (exact) mass is 316 g/mol. The summed E-state index contributed by atoms with van der Waals surface area (Å²) in [4.78, 5) is 26.4. The lowest BCUT2D eigenvalue weighted by molar-refractivity contribution is 0.0303. The van der Waals surface area contributed by atoms with Gasteiger partial charge in [-0.15, -0.1) is 11.3 Å². The van der Waals surface area contributed by atoms with Crippen LogP contribution in [0, 0.1) is 0 Å². The van der Waals surface area contributed by atoms with Crippen molar-refractivity contribution in [1.82, 2.24) is 4.90 Å². The Hall–Kier alpha value is -2.18. The second-order valence-electron chi connectivity index (χ2n) is 5.01. The zero-order valence-corrected chi connectivity index (χ0v) is 12.8. The maximum atomic E-state index is 12.4. The summed E-state index contributed by atoms with van der Waals surface area (Å²) in [6, 6.07) is 9.00. The first kappa shape index (κ1) is 14.7. The van der Waals surface area contributed by atoms with E-state index in [1.807, 2.05) is 17.5 Å². The third kappa shape index (κ3) is 2.88. The molecule has 0 unspecified atom stereocenters. The molecule has 2 heterocycles. The zero-order valence-electron chi connectivity index (χ0n) is 12.0. The van der Waals surface area contributed by atoms with Crippen LogP contribution in [0.5, 0.6) is 0 Å². The van der Waals surface area contributed by atoms with Crippen LogP contribution in [-0.2, 0) is 4.74 Å². The highest BCUT2D eigenvalue weighted by Crippen LogP contribution is 2.29. The van der Waals surface area contributed by atoms with Gasteiger partial charge in [0.05, 0.1) is 18.8 Å². The Morgan fingerprint density at radius 2 is 1.77 bits per heavy atom. The van der Waals surface area contributed by atoms with E-state index >= 15 is 0 Å². The number of carbonyl (C=O) groups excluding carboxylic acids is 2. The number of hydrogen-bond donors (Lipinski definition) is 1. The highest BCUT2D eigenvalue weighted by Gasteiger charge is 2.19. The molecule has 1 aliphatic rings. The molecule has 6 heteroatoms. The summed E-state index contributed by atoms with van der Waals surface area (Å²) in [5, 5.41) is 1.84. The van der Waals surface area contributed by atoms with Gasteiger partial charge in [-0.25, -0.2) is 0 Å². The fraction of sp³-hybridized carbons (Fsp3) is 0.250. The molecule has 3 rings (SSSR count). The number of ether oxygens (including phenoxy) is 1. The normalized spacial score (nSPS) is 14.8. The molecule has 1 aromatic heterocycles. The summed E-state index contributed by atoms with van der Waals surface area (Å²) in [7, 11) is 0. The van der Waals surface area contributed by atoms with Gasteiger partial charge in [-0.2, -0.15) is 0 Å². The molecule has 2 amide bonds. The van der Waals surface area contributed by atoms with Gasteiger partial charge >= 0.3 is 0 Å². The van der Waals surface area contributed by atoms with Crippen molar-refractivity contribution in [3.63, 3.8) is 0 Å². The highest BCUT2D eigenvalue weighted by molar-refractivity contribution is 7.14. The Labute approximate surface area is 132 Å². The Kier molecular flexibility index (Phi) is 4.22. The molecule has 2 N–H and O–H groups in total. The van der Waals surface area contributed by atoms with E-state index in [0.29, 0.717) is 37.4 Å². The molecular formula is C16H16N2O3S. The van der Waals surface area contributed by atoms with Crippen LogP contribution in [0.25, 0.3) is 10.4 Å². The summed E-state index contributed by atoms with van der Waals surface area (Å²) >= 11 is 1.46. The van der Waals surface area contributed by atoms with Crippen molar-refractivity contribution < 1.29 is 14.3 Å². The summed E-state index contributed by atoms with van der Waals surface area (Å²) < 4.78 is 5.25. The van der Waals surface area contributed by atoms with Gasteiger partial charge in [-0.1, -0.05) is 12.1 Å². The summed E-state index contributed by atoms with van der Waals surface area (Å²) in [6.45, 7) is 2.41. The van der Waals surface area contributed by atoms with E-state index < -0.39 is 5.91 Å². The second kappa shape index (κ2) is 6.29. The predicted molar refractivity (Wildman–Crippen MR) is 85.0 cm³/mol. The number of thiophene rings is 1. The topological polar surface area (TPSA) is 72.6 Å². The first-order valence-electron chi connectivity index (χ1n) is 7.01. The maximum absolute atomic E-state index is 12.4. The number of nitrogens with zero attached hydrogens (tertiary/aromatic N) is 1. The van der Waals surface area contributed by atoms with Gasteiger partial charge in [-0.05, 0) is 29.1 Å². The van der Waals surface area contributed by atoms with Crippen LogP contribution in [0.3, 0.4) is 0 Å². The van der Waals surface area contributed by atoms with Crippen LogP contribution in [-0.4, -0.2) is 43.0 Å². The first-order valence-corrected chi connectivity index (χ1v) is 7.89. The fourth-order valence-corrected chi connectivity index (χ4v) is 3.35. The Bertz CT molecular complexity index is 688. The molecule has 0 bridgehead atoms. The highest BCUT2D eigenvalue weighted by atomic mass is 32.1. The van der Waals surface area contributed by atoms with Crippen LogP contribution >= 0.6 is 11.3 Å². The van der Waals surface area contributed by atoms with E-state index in [-0.39, 0.29) is 5.91 Å². The molecule has 1 saturated heterocycles. The van der Waals surface area contributed by atoms with Crippen molar-refractivity contribution in [1.29, 1.82) is 0 Å². The lowest BCUT2D eigenvalue weighted by Crippen LogP contribution is -2.40. The van der Waals surface area contributed by atoms with Crippen molar-refractivity contribution in [2.45, 2.75) is 0 Å². The maximum Gasteiger partial charge on any atom is 0.254 e. The van der Waals surface area contributed by atoms with E-state index in [2.05, 4.69) is 0 Å². The Morgan fingerprint density at radius 3 is 2.41 bits per heavy atom. The third-order valence-electron chi connectivity index (χ3n) is 3.62. The first-order chi connectivity index (χ1) is 10.7. The van der Waals surface area contributed by atoms with Crippen LogP contribution in [0.2, 0.25) is 0 Å². The van der Waals surface area contributed by atoms with Gasteiger partial charge in [0.25, 0.3) is 5.91 Å². The molecule has 114 valence electrons. The molecule has 5 nitrogen and oxygen atoms in total. The zero-order chi connectivity index (χ0) is 15.5. The number of amides is 2. The standard InChI is InChI=1S/C16H16N2O3S/c17-15(19)13-5-10-22-14(13)11-1-3-12(4-2-11)16(20)18-6-8-21-9-7-18/h1-5,10H,6-9H2,(H2,17,19). The number of benzene rings is 1. The quantitative estimate of drug-likeness (QED) is 0.941. The number of hydrogen-bond acceptors (Lipinski definition) is 4. The van der Waals surface area contributed by atoms with E-state index in [1.165, 1.54) is 11.3 Å². The number of primary amides is 1. The van der Waals surface area contributed by atoms with E-state index in [9.17, 15) is 9.59 Å². The number of carbonyl (C=O) groups is 2. The summed E-state index contributed by atoms with van der Waals surface area (Å²) in [5.74, 6) is -0.430. The van der Waals surface area contributed by atoms with Crippen LogP contribution in [0.15, 0.2) is 35.7 Å². The van der Waals surface area contributed by atoms with Crippen molar-refractivity contribution in [2.24, 2.45) is 5.73 Å². The fourth-order valence-electron chi connectivity index (χ4n) is 2.44. The van der Waals surface area contributed by atoms with Crippen molar-refractivity contribution >= 4 is 23.2 Å². The van der Waals surface area contributed by atoms with Gasteiger partial charge in [0.1, 0.15) is 0 Å². The molecule has 0 spiro atoms. The number of nitrogens with two attached hydrogens (primary N) is 1. The smallest absolute Gasteiger partial charge is 0.254 e. The van der Waals surface area contributed by atoms with Crippen molar-refractivity contribution in [2.75, 3.05) is 26.3 Å². The number of rotatable bonds is 3. The number of morpholine rings is 1. The van der Waals surface area contributed by atoms with Gasteiger partial charge < -0.3 is 15.4 Å². The van der Waals surface area contributed by atoms with Crippen LogP contribution in [0.4, 0.5) is 0 Å². The largest absolute Gasteiger partial charge is 0.378 e. The van der Waals surface area contributed by atoms with Gasteiger partial charge in [0.2, 0.25) is 5.91 Å². The minimum Gasteiger partial charge on any atom is -0.378 e. The second-order valence-corrected chi connectivity index (χ2v) is 5.93. The molecule has 22 heavy (non-hydrogen) atoms. The predicted octanol–water partition coefficient (Wildman–Crippen LogP) is 1.99. The Morgan fingerprint density at radius 1 is 1.09 bits per heavy atom. The van der Waals surface area contributed by atoms with Crippen LogP contribution in [0.1, 0.15) is 20.7 Å². The Balaban J connectivity index is 1.82. The molecule has 2 aromatic rings. The SMILES string of the molecule is NC(=O)c1ccsc1-c1ccc(C(=O)N2CCOCC2)cc1. The molecule has 0 radical (unpaired) electrons. The molecular weight excluding hydrogens is 300 g/mol. The lowest BCUT2D eigenvalue weighted by Gasteiger charge is -2.26. The van der Waals surface area contributed by atoms with Crippen molar-refractivity contribution in [3.05, 3.63) is 46.8 Å². The average molecular weight is 316 g/mol. The molecule has 0 atom stereocenters. The van der Waals surface area contributed by atoms with E-state index in [4.69, 9.17) is 10.5 Å². The van der Waals surface area contributed by atoms with E-state index in [0.717, 1.165) is 10.4 Å². The van der Waals surface area contributed by atoms with Crippen molar-refractivity contribution in [3.8, 4) is 10.4 Å². The molecule has 0 aliphatic carbocycles. The molecule has 1 aliphatic heterocycles. The average Bonchev–Trinajstić information content (AvgIpc) is 3.05. The molecule has 0 saturated carbocycles. The van der Waals surface area contributed by atoms with Crippen LogP contribution < -0.4 is 5.73 Å². The summed E-state index contributed by atoms with van der Waals surface area (Å²) in [6.07, 6.45) is 0. The minimum atomic E-state index is -0.440. The van der Waals surface area contributed by atoms with Gasteiger partial charge in [-0.3, -0.25) is 9.59 Å².